The molecule has 0 radical (unpaired) electrons. The minimum atomic E-state index is 1.11. The van der Waals surface area contributed by atoms with Crippen LogP contribution < -0.4 is 0 Å². The molecule has 78 valence electrons. The summed E-state index contributed by atoms with van der Waals surface area (Å²) in [4.78, 5) is 2.52. The van der Waals surface area contributed by atoms with Crippen molar-refractivity contribution in [1.82, 2.24) is 4.90 Å². The van der Waals surface area contributed by atoms with Crippen LogP contribution in [0.4, 0.5) is 0 Å². The summed E-state index contributed by atoms with van der Waals surface area (Å²) < 4.78 is 0. The molecule has 1 heterocycles. The Labute approximate surface area is 87.8 Å². The lowest BCUT2D eigenvalue weighted by atomic mass is 10.2. The van der Waals surface area contributed by atoms with Crippen LogP contribution in [-0.4, -0.2) is 24.5 Å². The van der Waals surface area contributed by atoms with Gasteiger partial charge in [-0.05, 0) is 45.4 Å². The molecule has 0 spiro atoms. The Morgan fingerprint density at radius 3 is 2.43 bits per heavy atom. The van der Waals surface area contributed by atoms with Gasteiger partial charge in [-0.2, -0.15) is 0 Å². The first-order valence-corrected chi connectivity index (χ1v) is 5.53. The van der Waals surface area contributed by atoms with Gasteiger partial charge in [0.25, 0.3) is 0 Å². The standard InChI is InChI=1S/C13H21N/c1-3-5-9-13(8-4-2)12-14-10-6-7-11-14/h3-5,8-9H,6-7,10-12H2,1-2H3/b5-3-,8-4-,13-9+. The molecule has 0 saturated carbocycles. The van der Waals surface area contributed by atoms with Gasteiger partial charge in [0.15, 0.2) is 0 Å². The molecule has 1 aliphatic rings. The van der Waals surface area contributed by atoms with E-state index < -0.39 is 0 Å². The Morgan fingerprint density at radius 2 is 1.86 bits per heavy atom. The molecule has 0 bridgehead atoms. The Bertz CT molecular complexity index is 230. The van der Waals surface area contributed by atoms with Crippen molar-refractivity contribution in [2.75, 3.05) is 19.6 Å². The van der Waals surface area contributed by atoms with Crippen molar-refractivity contribution >= 4 is 0 Å². The summed E-state index contributed by atoms with van der Waals surface area (Å²) in [5.74, 6) is 0. The van der Waals surface area contributed by atoms with Crippen LogP contribution in [-0.2, 0) is 0 Å². The van der Waals surface area contributed by atoms with Gasteiger partial charge in [-0.15, -0.1) is 0 Å². The molecule has 1 saturated heterocycles. The first-order valence-electron chi connectivity index (χ1n) is 5.53. The Balaban J connectivity index is 2.49. The second-order valence-corrected chi connectivity index (χ2v) is 3.75. The predicted molar refractivity (Wildman–Crippen MR) is 63.4 cm³/mol. The van der Waals surface area contributed by atoms with Gasteiger partial charge in [-0.3, -0.25) is 4.90 Å². The third-order valence-electron chi connectivity index (χ3n) is 2.49. The van der Waals surface area contributed by atoms with Crippen LogP contribution in [0.1, 0.15) is 26.7 Å². The highest BCUT2D eigenvalue weighted by Crippen LogP contribution is 2.10. The van der Waals surface area contributed by atoms with Crippen LogP contribution in [0, 0.1) is 0 Å². The van der Waals surface area contributed by atoms with Gasteiger partial charge >= 0.3 is 0 Å². The first-order chi connectivity index (χ1) is 6.86. The number of nitrogens with zero attached hydrogens (tertiary/aromatic N) is 1. The maximum Gasteiger partial charge on any atom is 0.0233 e. The van der Waals surface area contributed by atoms with Crippen LogP contribution in [0.3, 0.4) is 0 Å². The zero-order valence-electron chi connectivity index (χ0n) is 9.37. The van der Waals surface area contributed by atoms with Crippen LogP contribution in [0.2, 0.25) is 0 Å². The minimum Gasteiger partial charge on any atom is -0.299 e. The number of allylic oxidation sites excluding steroid dienone is 4. The number of hydrogen-bond acceptors (Lipinski definition) is 1. The van der Waals surface area contributed by atoms with E-state index in [0.717, 1.165) is 6.54 Å². The molecule has 0 atom stereocenters. The van der Waals surface area contributed by atoms with Crippen molar-refractivity contribution in [1.29, 1.82) is 0 Å². The maximum absolute atomic E-state index is 2.52. The van der Waals surface area contributed by atoms with E-state index in [9.17, 15) is 0 Å². The Morgan fingerprint density at radius 1 is 1.14 bits per heavy atom. The molecule has 0 unspecified atom stereocenters. The average molecular weight is 191 g/mol. The molecule has 1 aliphatic heterocycles. The highest BCUT2D eigenvalue weighted by atomic mass is 15.1. The van der Waals surface area contributed by atoms with Gasteiger partial charge in [0.2, 0.25) is 0 Å². The quantitative estimate of drug-likeness (QED) is 0.617. The zero-order valence-corrected chi connectivity index (χ0v) is 9.37. The monoisotopic (exact) mass is 191 g/mol. The normalized spacial score (nSPS) is 20.3. The lowest BCUT2D eigenvalue weighted by molar-refractivity contribution is 0.371. The van der Waals surface area contributed by atoms with E-state index in [1.54, 1.807) is 0 Å². The molecule has 1 heteroatoms. The molecule has 0 amide bonds. The number of rotatable bonds is 4. The zero-order chi connectivity index (χ0) is 10.2. The van der Waals surface area contributed by atoms with Crippen LogP contribution in [0.25, 0.3) is 0 Å². The second kappa shape index (κ2) is 6.61. The lowest BCUT2D eigenvalue weighted by Crippen LogP contribution is -2.21. The van der Waals surface area contributed by atoms with Crippen molar-refractivity contribution in [2.45, 2.75) is 26.7 Å². The highest BCUT2D eigenvalue weighted by molar-refractivity contribution is 5.24. The topological polar surface area (TPSA) is 3.24 Å². The van der Waals surface area contributed by atoms with E-state index in [0.29, 0.717) is 0 Å². The molecule has 0 N–H and O–H groups in total. The number of hydrogen-bond donors (Lipinski definition) is 0. The summed E-state index contributed by atoms with van der Waals surface area (Å²) in [6.07, 6.45) is 13.5. The van der Waals surface area contributed by atoms with Gasteiger partial charge in [0.05, 0.1) is 0 Å². The van der Waals surface area contributed by atoms with Crippen molar-refractivity contribution in [3.8, 4) is 0 Å². The van der Waals surface area contributed by atoms with Gasteiger partial charge in [0, 0.05) is 6.54 Å². The van der Waals surface area contributed by atoms with Crippen molar-refractivity contribution in [3.63, 3.8) is 0 Å². The molecule has 1 nitrogen and oxygen atoms in total. The summed E-state index contributed by atoms with van der Waals surface area (Å²) in [6, 6.07) is 0. The second-order valence-electron chi connectivity index (χ2n) is 3.75. The fourth-order valence-electron chi connectivity index (χ4n) is 1.79. The van der Waals surface area contributed by atoms with E-state index in [4.69, 9.17) is 0 Å². The third kappa shape index (κ3) is 3.93. The third-order valence-corrected chi connectivity index (χ3v) is 2.49. The molecule has 1 rings (SSSR count). The Hall–Kier alpha value is -0.820. The van der Waals surface area contributed by atoms with E-state index in [1.165, 1.54) is 31.5 Å². The molecule has 0 aromatic carbocycles. The molecular weight excluding hydrogens is 170 g/mol. The fraction of sp³-hybridized carbons (Fsp3) is 0.538. The van der Waals surface area contributed by atoms with Gasteiger partial charge in [0.1, 0.15) is 0 Å². The SMILES string of the molecule is C\C=C/C=C(\C=C/C)CN1CCCC1. The van der Waals surface area contributed by atoms with E-state index >= 15 is 0 Å². The lowest BCUT2D eigenvalue weighted by Gasteiger charge is -2.14. The minimum absolute atomic E-state index is 1.11. The largest absolute Gasteiger partial charge is 0.299 e. The molecule has 1 fully saturated rings. The number of likely N-dealkylation sites (tertiary alicyclic amines) is 1. The molecule has 0 aromatic rings. The van der Waals surface area contributed by atoms with Crippen LogP contribution in [0.15, 0.2) is 36.0 Å². The maximum atomic E-state index is 2.52. The first kappa shape index (κ1) is 11.3. The average Bonchev–Trinajstić information content (AvgIpc) is 2.67. The summed E-state index contributed by atoms with van der Waals surface area (Å²) in [5.41, 5.74) is 1.41. The van der Waals surface area contributed by atoms with E-state index in [2.05, 4.69) is 49.1 Å². The molecular formula is C13H21N. The molecule has 14 heavy (non-hydrogen) atoms. The van der Waals surface area contributed by atoms with Crippen LogP contribution >= 0.6 is 0 Å². The van der Waals surface area contributed by atoms with E-state index in [1.807, 2.05) is 0 Å². The predicted octanol–water partition coefficient (Wildman–Crippen LogP) is 3.16. The molecule has 0 aromatic heterocycles. The van der Waals surface area contributed by atoms with Crippen molar-refractivity contribution in [3.05, 3.63) is 36.0 Å². The summed E-state index contributed by atoms with van der Waals surface area (Å²) in [6.45, 7) is 7.78. The van der Waals surface area contributed by atoms with Crippen LogP contribution in [0.5, 0.6) is 0 Å². The summed E-state index contributed by atoms with van der Waals surface area (Å²) in [7, 11) is 0. The van der Waals surface area contributed by atoms with Gasteiger partial charge in [-0.25, -0.2) is 0 Å². The van der Waals surface area contributed by atoms with Gasteiger partial charge < -0.3 is 0 Å². The highest BCUT2D eigenvalue weighted by Gasteiger charge is 2.11. The van der Waals surface area contributed by atoms with E-state index in [-0.39, 0.29) is 0 Å². The van der Waals surface area contributed by atoms with Crippen molar-refractivity contribution < 1.29 is 0 Å². The Kier molecular flexibility index (Phi) is 5.31. The van der Waals surface area contributed by atoms with Crippen molar-refractivity contribution in [2.24, 2.45) is 0 Å². The summed E-state index contributed by atoms with van der Waals surface area (Å²) in [5, 5.41) is 0. The fourth-order valence-corrected chi connectivity index (χ4v) is 1.79. The summed E-state index contributed by atoms with van der Waals surface area (Å²) >= 11 is 0. The molecule has 0 aliphatic carbocycles. The smallest absolute Gasteiger partial charge is 0.0233 e. The van der Waals surface area contributed by atoms with Gasteiger partial charge in [-0.1, -0.05) is 30.4 Å².